The van der Waals surface area contributed by atoms with Crippen LogP contribution in [0.4, 0.5) is 0 Å². The first-order valence-corrected chi connectivity index (χ1v) is 20.3. The fraction of sp³-hybridized carbons (Fsp3) is 0. The highest BCUT2D eigenvalue weighted by Gasteiger charge is 2.16. The van der Waals surface area contributed by atoms with Crippen LogP contribution < -0.4 is 0 Å². The lowest BCUT2D eigenvalue weighted by molar-refractivity contribution is 1.07. The van der Waals surface area contributed by atoms with Crippen molar-refractivity contribution in [3.63, 3.8) is 0 Å². The highest BCUT2D eigenvalue weighted by molar-refractivity contribution is 5.99. The van der Waals surface area contributed by atoms with Gasteiger partial charge in [-0.2, -0.15) is 0 Å². The predicted octanol–water partition coefficient (Wildman–Crippen LogP) is 15.0. The molecular weight excluding hydrogens is 727 g/mol. The summed E-state index contributed by atoms with van der Waals surface area (Å²) >= 11 is 0. The third-order valence-electron chi connectivity index (χ3n) is 11.5. The summed E-state index contributed by atoms with van der Waals surface area (Å²) in [6.45, 7) is 0. The molecule has 0 N–H and O–H groups in total. The van der Waals surface area contributed by atoms with Crippen molar-refractivity contribution in [2.45, 2.75) is 0 Å². The summed E-state index contributed by atoms with van der Waals surface area (Å²) in [6, 6.07) is 79.6. The lowest BCUT2D eigenvalue weighted by Crippen LogP contribution is -2.00. The number of hydrogen-bond acceptors (Lipinski definition) is 3. The van der Waals surface area contributed by atoms with E-state index in [9.17, 15) is 0 Å². The van der Waals surface area contributed by atoms with Crippen LogP contribution >= 0.6 is 0 Å². The van der Waals surface area contributed by atoms with Gasteiger partial charge in [0, 0.05) is 16.7 Å². The van der Waals surface area contributed by atoms with E-state index in [1.165, 1.54) is 54.7 Å². The van der Waals surface area contributed by atoms with E-state index in [1.54, 1.807) is 0 Å². The third-order valence-corrected chi connectivity index (χ3v) is 11.5. The molecule has 10 aromatic carbocycles. The Morgan fingerprint density at radius 2 is 0.600 bits per heavy atom. The molecule has 0 spiro atoms. The highest BCUT2D eigenvalue weighted by Crippen LogP contribution is 2.36. The van der Waals surface area contributed by atoms with Crippen LogP contribution in [0.5, 0.6) is 0 Å². The zero-order chi connectivity index (χ0) is 39.8. The lowest BCUT2D eigenvalue weighted by Gasteiger charge is -2.12. The van der Waals surface area contributed by atoms with Crippen LogP contribution in [-0.4, -0.2) is 15.0 Å². The normalized spacial score (nSPS) is 11.3. The first kappa shape index (κ1) is 35.2. The molecule has 0 saturated heterocycles. The molecule has 0 atom stereocenters. The van der Waals surface area contributed by atoms with E-state index in [-0.39, 0.29) is 0 Å². The average Bonchev–Trinajstić information content (AvgIpc) is 3.33. The Labute approximate surface area is 349 Å². The number of fused-ring (bicyclic) bond motifs is 3. The van der Waals surface area contributed by atoms with Gasteiger partial charge in [-0.15, -0.1) is 0 Å². The lowest BCUT2D eigenvalue weighted by atomic mass is 9.96. The van der Waals surface area contributed by atoms with Crippen LogP contribution in [0, 0.1) is 0 Å². The number of nitrogens with zero attached hydrogens (tertiary/aromatic N) is 3. The second-order valence-electron chi connectivity index (χ2n) is 15.2. The van der Waals surface area contributed by atoms with E-state index >= 15 is 0 Å². The monoisotopic (exact) mass is 763 g/mol. The molecule has 1 heterocycles. The molecule has 0 unspecified atom stereocenters. The minimum absolute atomic E-state index is 0.624. The number of benzene rings is 10. The van der Waals surface area contributed by atoms with Crippen LogP contribution in [0.3, 0.4) is 0 Å². The van der Waals surface area contributed by atoms with Gasteiger partial charge in [0.15, 0.2) is 17.5 Å². The quantitative estimate of drug-likeness (QED) is 0.162. The minimum atomic E-state index is 0.624. The predicted molar refractivity (Wildman–Crippen MR) is 250 cm³/mol. The van der Waals surface area contributed by atoms with Gasteiger partial charge < -0.3 is 0 Å². The van der Waals surface area contributed by atoms with Crippen molar-refractivity contribution in [2.24, 2.45) is 0 Å². The van der Waals surface area contributed by atoms with E-state index in [2.05, 4.69) is 224 Å². The Morgan fingerprint density at radius 3 is 1.28 bits per heavy atom. The minimum Gasteiger partial charge on any atom is -0.208 e. The largest absolute Gasteiger partial charge is 0.208 e. The van der Waals surface area contributed by atoms with Gasteiger partial charge in [0.2, 0.25) is 0 Å². The van der Waals surface area contributed by atoms with Gasteiger partial charge in [0.1, 0.15) is 0 Å². The Morgan fingerprint density at radius 1 is 0.200 bits per heavy atom. The van der Waals surface area contributed by atoms with Gasteiger partial charge in [0.25, 0.3) is 0 Å². The number of hydrogen-bond donors (Lipinski definition) is 0. The molecule has 0 amide bonds. The first-order chi connectivity index (χ1) is 29.7. The molecule has 0 aliphatic carbocycles. The zero-order valence-electron chi connectivity index (χ0n) is 32.7. The Kier molecular flexibility index (Phi) is 8.83. The summed E-state index contributed by atoms with van der Waals surface area (Å²) in [5.41, 5.74) is 12.1. The Bertz CT molecular complexity index is 3370. The van der Waals surface area contributed by atoms with Crippen LogP contribution in [0.2, 0.25) is 0 Å². The molecule has 280 valence electrons. The zero-order valence-corrected chi connectivity index (χ0v) is 32.7. The van der Waals surface area contributed by atoms with Crippen molar-refractivity contribution < 1.29 is 0 Å². The molecule has 0 saturated carbocycles. The SMILES string of the molecule is c1ccc(-c2ccc3cc(-c4cccc(-c5nc(-c6cccc(-c7cccc8ccccc78)c6)nc(-c6ccc7c(-c8ccccc8)cccc7c6)n5)c4)ccc3c2)cc1. The van der Waals surface area contributed by atoms with Crippen molar-refractivity contribution in [2.75, 3.05) is 0 Å². The Hall–Kier alpha value is -8.01. The average molecular weight is 764 g/mol. The van der Waals surface area contributed by atoms with Crippen LogP contribution in [-0.2, 0) is 0 Å². The van der Waals surface area contributed by atoms with E-state index < -0.39 is 0 Å². The van der Waals surface area contributed by atoms with Gasteiger partial charge in [-0.05, 0) is 107 Å². The van der Waals surface area contributed by atoms with Crippen LogP contribution in [0.1, 0.15) is 0 Å². The number of rotatable bonds is 7. The summed E-state index contributed by atoms with van der Waals surface area (Å²) in [7, 11) is 0. The fourth-order valence-corrected chi connectivity index (χ4v) is 8.43. The second kappa shape index (κ2) is 15.1. The molecule has 0 bridgehead atoms. The van der Waals surface area contributed by atoms with Gasteiger partial charge in [0.05, 0.1) is 0 Å². The van der Waals surface area contributed by atoms with E-state index in [1.807, 2.05) is 0 Å². The maximum atomic E-state index is 5.21. The van der Waals surface area contributed by atoms with Gasteiger partial charge in [-0.25, -0.2) is 15.0 Å². The van der Waals surface area contributed by atoms with Gasteiger partial charge in [-0.3, -0.25) is 0 Å². The standard InChI is InChI=1S/C57H37N3/c1-3-13-38(14-4-1)42-27-28-45-34-43(29-30-44(45)33-42)41-19-9-22-48(35-41)55-58-56(49-23-10-20-46(36-49)53-26-11-18-40-17-7-8-24-51(40)53)60-57(59-55)50-31-32-54-47(37-50)21-12-25-52(54)39-15-5-2-6-16-39/h1-37H. The van der Waals surface area contributed by atoms with Gasteiger partial charge in [-0.1, -0.05) is 194 Å². The molecular formula is C57H37N3. The van der Waals surface area contributed by atoms with Crippen molar-refractivity contribution in [1.29, 1.82) is 0 Å². The summed E-state index contributed by atoms with van der Waals surface area (Å²) < 4.78 is 0. The Balaban J connectivity index is 1.03. The molecule has 3 heteroatoms. The van der Waals surface area contributed by atoms with Gasteiger partial charge >= 0.3 is 0 Å². The van der Waals surface area contributed by atoms with Crippen LogP contribution in [0.15, 0.2) is 224 Å². The molecule has 0 aliphatic heterocycles. The molecule has 0 fully saturated rings. The maximum absolute atomic E-state index is 5.21. The second-order valence-corrected chi connectivity index (χ2v) is 15.2. The fourth-order valence-electron chi connectivity index (χ4n) is 8.43. The molecule has 11 aromatic rings. The van der Waals surface area contributed by atoms with Crippen molar-refractivity contribution in [3.8, 4) is 78.7 Å². The molecule has 11 rings (SSSR count). The smallest absolute Gasteiger partial charge is 0.164 e. The summed E-state index contributed by atoms with van der Waals surface area (Å²) in [5.74, 6) is 1.88. The van der Waals surface area contributed by atoms with Crippen molar-refractivity contribution >= 4 is 32.3 Å². The van der Waals surface area contributed by atoms with Crippen molar-refractivity contribution in [1.82, 2.24) is 15.0 Å². The molecule has 0 radical (unpaired) electrons. The summed E-state index contributed by atoms with van der Waals surface area (Å²) in [6.07, 6.45) is 0. The third kappa shape index (κ3) is 6.68. The van der Waals surface area contributed by atoms with E-state index in [0.29, 0.717) is 17.5 Å². The highest BCUT2D eigenvalue weighted by atomic mass is 15.0. The summed E-state index contributed by atoms with van der Waals surface area (Å²) in [4.78, 5) is 15.6. The maximum Gasteiger partial charge on any atom is 0.164 e. The van der Waals surface area contributed by atoms with E-state index in [0.717, 1.165) is 38.8 Å². The molecule has 1 aromatic heterocycles. The summed E-state index contributed by atoms with van der Waals surface area (Å²) in [5, 5.41) is 7.14. The van der Waals surface area contributed by atoms with Crippen LogP contribution in [0.25, 0.3) is 111 Å². The van der Waals surface area contributed by atoms with Crippen molar-refractivity contribution in [3.05, 3.63) is 224 Å². The topological polar surface area (TPSA) is 38.7 Å². The molecule has 0 aliphatic rings. The molecule has 60 heavy (non-hydrogen) atoms. The first-order valence-electron chi connectivity index (χ1n) is 20.3. The molecule has 3 nitrogen and oxygen atoms in total. The number of aromatic nitrogens is 3. The van der Waals surface area contributed by atoms with E-state index in [4.69, 9.17) is 15.0 Å².